The molecule has 1 atom stereocenters. The monoisotopic (exact) mass is 267 g/mol. The predicted octanol–water partition coefficient (Wildman–Crippen LogP) is 1.92. The van der Waals surface area contributed by atoms with Crippen LogP contribution in [-0.4, -0.2) is 44.8 Å². The summed E-state index contributed by atoms with van der Waals surface area (Å²) in [5.74, 6) is 1.23. The number of esters is 1. The zero-order valence-corrected chi connectivity index (χ0v) is 11.6. The number of carbonyl (C=O) groups is 1. The van der Waals surface area contributed by atoms with E-state index in [0.717, 1.165) is 32.0 Å². The standard InChI is InChI=1S/C14H21NO4/c1-17-10-11-4-3-7-15(8-11)9-12-5-6-13(19-12)14(16)18-2/h5-6,11H,3-4,7-10H2,1-2H3. The lowest BCUT2D eigenvalue weighted by molar-refractivity contribution is 0.0557. The van der Waals surface area contributed by atoms with Gasteiger partial charge in [-0.3, -0.25) is 4.90 Å². The van der Waals surface area contributed by atoms with Crippen LogP contribution in [0, 0.1) is 5.92 Å². The van der Waals surface area contributed by atoms with Gasteiger partial charge in [0, 0.05) is 13.7 Å². The summed E-state index contributed by atoms with van der Waals surface area (Å²) in [6.45, 7) is 3.62. The van der Waals surface area contributed by atoms with Gasteiger partial charge in [0.2, 0.25) is 5.76 Å². The Balaban J connectivity index is 1.89. The Morgan fingerprint density at radius 2 is 2.32 bits per heavy atom. The van der Waals surface area contributed by atoms with Crippen molar-refractivity contribution >= 4 is 5.97 Å². The molecule has 1 aliphatic rings. The first-order valence-electron chi connectivity index (χ1n) is 6.61. The summed E-state index contributed by atoms with van der Waals surface area (Å²) in [6.07, 6.45) is 2.40. The number of nitrogens with zero attached hydrogens (tertiary/aromatic N) is 1. The zero-order chi connectivity index (χ0) is 13.7. The molecule has 0 aliphatic carbocycles. The molecule has 2 rings (SSSR count). The van der Waals surface area contributed by atoms with Crippen LogP contribution in [0.1, 0.15) is 29.2 Å². The van der Waals surface area contributed by atoms with Crippen LogP contribution in [0.3, 0.4) is 0 Å². The third kappa shape index (κ3) is 3.81. The van der Waals surface area contributed by atoms with Crippen LogP contribution < -0.4 is 0 Å². The molecule has 1 aromatic rings. The molecule has 0 N–H and O–H groups in total. The fraction of sp³-hybridized carbons (Fsp3) is 0.643. The van der Waals surface area contributed by atoms with Crippen molar-refractivity contribution in [1.29, 1.82) is 0 Å². The van der Waals surface area contributed by atoms with Crippen molar-refractivity contribution in [3.05, 3.63) is 23.7 Å². The van der Waals surface area contributed by atoms with Gasteiger partial charge in [0.15, 0.2) is 0 Å². The predicted molar refractivity (Wildman–Crippen MR) is 69.9 cm³/mol. The zero-order valence-electron chi connectivity index (χ0n) is 11.6. The molecule has 2 heterocycles. The van der Waals surface area contributed by atoms with Crippen molar-refractivity contribution in [3.63, 3.8) is 0 Å². The SMILES string of the molecule is COCC1CCCN(Cc2ccc(C(=O)OC)o2)C1. The molecule has 1 unspecified atom stereocenters. The topological polar surface area (TPSA) is 51.9 Å². The highest BCUT2D eigenvalue weighted by Gasteiger charge is 2.21. The van der Waals surface area contributed by atoms with Gasteiger partial charge >= 0.3 is 5.97 Å². The van der Waals surface area contributed by atoms with Crippen LogP contribution in [-0.2, 0) is 16.0 Å². The largest absolute Gasteiger partial charge is 0.463 e. The highest BCUT2D eigenvalue weighted by molar-refractivity contribution is 5.86. The second-order valence-corrected chi connectivity index (χ2v) is 4.96. The van der Waals surface area contributed by atoms with E-state index in [-0.39, 0.29) is 5.76 Å². The Morgan fingerprint density at radius 3 is 3.05 bits per heavy atom. The summed E-state index contributed by atoms with van der Waals surface area (Å²) >= 11 is 0. The number of furan rings is 1. The Kier molecular flexibility index (Phi) is 4.99. The first-order chi connectivity index (χ1) is 9.22. The Morgan fingerprint density at radius 1 is 1.47 bits per heavy atom. The average Bonchev–Trinajstić information content (AvgIpc) is 2.87. The molecule has 0 saturated carbocycles. The van der Waals surface area contributed by atoms with E-state index in [0.29, 0.717) is 5.92 Å². The summed E-state index contributed by atoms with van der Waals surface area (Å²) in [7, 11) is 3.10. The number of hydrogen-bond donors (Lipinski definition) is 0. The Labute approximate surface area is 113 Å². The molecule has 0 bridgehead atoms. The quantitative estimate of drug-likeness (QED) is 0.763. The lowest BCUT2D eigenvalue weighted by Gasteiger charge is -2.31. The van der Waals surface area contributed by atoms with Crippen LogP contribution >= 0.6 is 0 Å². The molecule has 5 nitrogen and oxygen atoms in total. The normalized spacial score (nSPS) is 20.4. The maximum absolute atomic E-state index is 11.3. The van der Waals surface area contributed by atoms with Crippen molar-refractivity contribution in [3.8, 4) is 0 Å². The Hall–Kier alpha value is -1.33. The van der Waals surface area contributed by atoms with Crippen molar-refractivity contribution < 1.29 is 18.7 Å². The maximum atomic E-state index is 11.3. The average molecular weight is 267 g/mol. The number of ether oxygens (including phenoxy) is 2. The molecule has 0 amide bonds. The van der Waals surface area contributed by atoms with Crippen LogP contribution in [0.5, 0.6) is 0 Å². The van der Waals surface area contributed by atoms with Gasteiger partial charge in [-0.05, 0) is 37.4 Å². The van der Waals surface area contributed by atoms with Crippen LogP contribution in [0.15, 0.2) is 16.5 Å². The van der Waals surface area contributed by atoms with E-state index in [9.17, 15) is 4.79 Å². The third-order valence-electron chi connectivity index (χ3n) is 3.43. The molecule has 19 heavy (non-hydrogen) atoms. The van der Waals surface area contributed by atoms with Crippen molar-refractivity contribution in [1.82, 2.24) is 4.90 Å². The van der Waals surface area contributed by atoms with Gasteiger partial charge in [-0.25, -0.2) is 4.79 Å². The molecular weight excluding hydrogens is 246 g/mol. The maximum Gasteiger partial charge on any atom is 0.373 e. The van der Waals surface area contributed by atoms with Gasteiger partial charge in [-0.15, -0.1) is 0 Å². The van der Waals surface area contributed by atoms with E-state index in [1.165, 1.54) is 20.0 Å². The first-order valence-corrected chi connectivity index (χ1v) is 6.61. The molecule has 0 radical (unpaired) electrons. The van der Waals surface area contributed by atoms with E-state index in [1.54, 1.807) is 13.2 Å². The molecule has 106 valence electrons. The molecule has 0 spiro atoms. The van der Waals surface area contributed by atoms with Crippen LogP contribution in [0.4, 0.5) is 0 Å². The van der Waals surface area contributed by atoms with E-state index in [1.807, 2.05) is 6.07 Å². The molecule has 1 aromatic heterocycles. The van der Waals surface area contributed by atoms with Crippen LogP contribution in [0.25, 0.3) is 0 Å². The highest BCUT2D eigenvalue weighted by atomic mass is 16.5. The van der Waals surface area contributed by atoms with Crippen molar-refractivity contribution in [2.45, 2.75) is 19.4 Å². The lowest BCUT2D eigenvalue weighted by Crippen LogP contribution is -2.36. The lowest BCUT2D eigenvalue weighted by atomic mass is 9.99. The molecule has 1 aliphatic heterocycles. The molecule has 1 saturated heterocycles. The van der Waals surface area contributed by atoms with Gasteiger partial charge in [0.05, 0.1) is 20.3 Å². The second-order valence-electron chi connectivity index (χ2n) is 4.96. The fourth-order valence-electron chi connectivity index (χ4n) is 2.56. The van der Waals surface area contributed by atoms with Crippen molar-refractivity contribution in [2.75, 3.05) is 33.9 Å². The molecule has 1 fully saturated rings. The van der Waals surface area contributed by atoms with Gasteiger partial charge in [0.25, 0.3) is 0 Å². The second kappa shape index (κ2) is 6.73. The number of rotatable bonds is 5. The minimum atomic E-state index is -0.429. The highest BCUT2D eigenvalue weighted by Crippen LogP contribution is 2.19. The van der Waals surface area contributed by atoms with Gasteiger partial charge in [-0.2, -0.15) is 0 Å². The molecular formula is C14H21NO4. The van der Waals surface area contributed by atoms with Gasteiger partial charge in [0.1, 0.15) is 5.76 Å². The van der Waals surface area contributed by atoms with E-state index in [4.69, 9.17) is 9.15 Å². The van der Waals surface area contributed by atoms with E-state index in [2.05, 4.69) is 9.64 Å². The number of piperidine rings is 1. The van der Waals surface area contributed by atoms with E-state index < -0.39 is 5.97 Å². The Bertz CT molecular complexity index is 413. The van der Waals surface area contributed by atoms with Crippen LogP contribution in [0.2, 0.25) is 0 Å². The number of carbonyl (C=O) groups excluding carboxylic acids is 1. The number of hydrogen-bond acceptors (Lipinski definition) is 5. The summed E-state index contributed by atoms with van der Waals surface area (Å²) in [4.78, 5) is 13.7. The first kappa shape index (κ1) is 14.1. The third-order valence-corrected chi connectivity index (χ3v) is 3.43. The fourth-order valence-corrected chi connectivity index (χ4v) is 2.56. The summed E-state index contributed by atoms with van der Waals surface area (Å²) < 4.78 is 15.3. The molecule has 0 aromatic carbocycles. The minimum Gasteiger partial charge on any atom is -0.463 e. The molecule has 5 heteroatoms. The summed E-state index contributed by atoms with van der Waals surface area (Å²) in [6, 6.07) is 3.50. The van der Waals surface area contributed by atoms with Gasteiger partial charge < -0.3 is 13.9 Å². The number of likely N-dealkylation sites (tertiary alicyclic amines) is 1. The number of methoxy groups -OCH3 is 2. The van der Waals surface area contributed by atoms with Crippen molar-refractivity contribution in [2.24, 2.45) is 5.92 Å². The summed E-state index contributed by atoms with van der Waals surface area (Å²) in [5, 5.41) is 0. The minimum absolute atomic E-state index is 0.267. The van der Waals surface area contributed by atoms with E-state index >= 15 is 0 Å². The smallest absolute Gasteiger partial charge is 0.373 e. The summed E-state index contributed by atoms with van der Waals surface area (Å²) in [5.41, 5.74) is 0. The van der Waals surface area contributed by atoms with Gasteiger partial charge in [-0.1, -0.05) is 0 Å².